The number of fused-ring (bicyclic) bond motifs is 3. The number of likely N-dealkylation sites (N-methyl/N-ethyl adjacent to an activating group) is 1. The number of aryl methyl sites for hydroxylation is 3. The van der Waals surface area contributed by atoms with Crippen LogP contribution in [0.1, 0.15) is 49.9 Å². The Hall–Kier alpha value is -4.45. The first-order valence-corrected chi connectivity index (χ1v) is 20.0. The van der Waals surface area contributed by atoms with E-state index in [-0.39, 0.29) is 48.6 Å². The number of carbonyl (C=O) groups excluding carboxylic acids is 1. The van der Waals surface area contributed by atoms with Crippen molar-refractivity contribution in [3.05, 3.63) is 74.4 Å². The number of benzene rings is 2. The number of alkyl halides is 3. The van der Waals surface area contributed by atoms with Crippen molar-refractivity contribution < 1.29 is 36.9 Å². The molecular weight excluding hydrogens is 811 g/mol. The Morgan fingerprint density at radius 2 is 1.88 bits per heavy atom. The summed E-state index contributed by atoms with van der Waals surface area (Å²) in [7, 11) is 0. The van der Waals surface area contributed by atoms with Crippen molar-refractivity contribution in [1.82, 2.24) is 19.4 Å². The summed E-state index contributed by atoms with van der Waals surface area (Å²) < 4.78 is 69.2. The van der Waals surface area contributed by atoms with E-state index in [2.05, 4.69) is 46.3 Å². The van der Waals surface area contributed by atoms with Crippen molar-refractivity contribution in [2.45, 2.75) is 71.8 Å². The Bertz CT molecular complexity index is 2080. The van der Waals surface area contributed by atoms with E-state index in [0.29, 0.717) is 81.3 Å². The van der Waals surface area contributed by atoms with E-state index < -0.39 is 23.3 Å². The molecule has 2 atom stereocenters. The van der Waals surface area contributed by atoms with Crippen LogP contribution in [0.4, 0.5) is 35.2 Å². The monoisotopic (exact) mass is 859 g/mol. The second kappa shape index (κ2) is 18.9. The molecule has 0 bridgehead atoms. The van der Waals surface area contributed by atoms with Gasteiger partial charge in [-0.05, 0) is 69.9 Å². The molecule has 0 saturated carbocycles. The molecule has 57 heavy (non-hydrogen) atoms. The van der Waals surface area contributed by atoms with Crippen molar-refractivity contribution in [3.63, 3.8) is 0 Å². The highest BCUT2D eigenvalue weighted by atomic mass is 79.9. The second-order valence-corrected chi connectivity index (χ2v) is 15.0. The fourth-order valence-corrected chi connectivity index (χ4v) is 7.48. The zero-order valence-electron chi connectivity index (χ0n) is 32.6. The van der Waals surface area contributed by atoms with Gasteiger partial charge >= 0.3 is 12.2 Å². The molecule has 0 spiro atoms. The first-order valence-electron chi connectivity index (χ1n) is 19.2. The summed E-state index contributed by atoms with van der Waals surface area (Å²) >= 11 is 3.53. The normalized spacial score (nSPS) is 17.3. The number of amides is 2. The predicted molar refractivity (Wildman–Crippen MR) is 216 cm³/mol. The van der Waals surface area contributed by atoms with Gasteiger partial charge in [0, 0.05) is 49.9 Å². The van der Waals surface area contributed by atoms with Crippen LogP contribution in [0.25, 0.3) is 10.9 Å². The summed E-state index contributed by atoms with van der Waals surface area (Å²) in [6.45, 7) is 12.6. The Kier molecular flexibility index (Phi) is 14.0. The fourth-order valence-electron chi connectivity index (χ4n) is 7.13. The molecule has 2 amide bonds. The summed E-state index contributed by atoms with van der Waals surface area (Å²) in [4.78, 5) is 38.4. The topological polar surface area (TPSA) is 132 Å². The van der Waals surface area contributed by atoms with Crippen LogP contribution in [0, 0.1) is 13.8 Å². The van der Waals surface area contributed by atoms with E-state index in [0.717, 1.165) is 28.7 Å². The van der Waals surface area contributed by atoms with Gasteiger partial charge in [0.1, 0.15) is 25.1 Å². The molecular formula is C40H49BrF3N7O6. The van der Waals surface area contributed by atoms with Crippen LogP contribution in [0.15, 0.2) is 52.0 Å². The smallest absolute Gasteiger partial charge is 0.417 e. The lowest BCUT2D eigenvalue weighted by Gasteiger charge is -2.38. The van der Waals surface area contributed by atoms with Crippen LogP contribution in [-0.4, -0.2) is 96.8 Å². The third kappa shape index (κ3) is 10.4. The van der Waals surface area contributed by atoms with Crippen molar-refractivity contribution in [2.75, 3.05) is 74.7 Å². The average molecular weight is 861 g/mol. The molecule has 0 unspecified atom stereocenters. The maximum Gasteiger partial charge on any atom is 0.417 e. The minimum absolute atomic E-state index is 0.0616. The molecule has 4 heterocycles. The van der Waals surface area contributed by atoms with Gasteiger partial charge in [-0.15, -0.1) is 0 Å². The van der Waals surface area contributed by atoms with Gasteiger partial charge in [-0.2, -0.15) is 13.2 Å². The third-order valence-corrected chi connectivity index (χ3v) is 11.0. The highest BCUT2D eigenvalue weighted by Crippen LogP contribution is 2.45. The van der Waals surface area contributed by atoms with Gasteiger partial charge < -0.3 is 33.7 Å². The number of nitrogens with one attached hydrogen (secondary N) is 2. The number of urea groups is 1. The first-order chi connectivity index (χ1) is 27.4. The molecule has 0 aliphatic carbocycles. The maximum absolute atomic E-state index is 14.3. The molecule has 6 rings (SSSR count). The van der Waals surface area contributed by atoms with Crippen LogP contribution < -0.4 is 30.6 Å². The van der Waals surface area contributed by atoms with Crippen LogP contribution >= 0.6 is 15.9 Å². The van der Waals surface area contributed by atoms with E-state index in [1.807, 2.05) is 33.8 Å². The Morgan fingerprint density at radius 1 is 1.05 bits per heavy atom. The van der Waals surface area contributed by atoms with E-state index in [9.17, 15) is 22.8 Å². The Balaban J connectivity index is 0.979. The predicted octanol–water partition coefficient (Wildman–Crippen LogP) is 7.41. The highest BCUT2D eigenvalue weighted by Gasteiger charge is 2.38. The lowest BCUT2D eigenvalue weighted by Crippen LogP contribution is -2.46. The van der Waals surface area contributed by atoms with E-state index in [1.54, 1.807) is 24.4 Å². The number of nitrogens with zero attached hydrogens (tertiary/aromatic N) is 5. The number of anilines is 3. The standard InChI is InChI=1S/C40H49BrF3N7O6/c1-5-27-23-57-38-33(50(27)6-2)10-9-32-37(38)29(40(42,43)44)18-36(52)51(32)11-7-8-14-54-15-12-49-13-16-55-28(22-49)24-56-34-17-25(3)30(41)19-31(34)47-39(53)48-35-21-45-26(4)20-46-35/h9-10,17-21,27-28H,5-8,11-16,22-24H2,1-4H3,(H2,46,47,48,53)/t27-,28+/m1/s1. The highest BCUT2D eigenvalue weighted by molar-refractivity contribution is 9.10. The average Bonchev–Trinajstić information content (AvgIpc) is 3.18. The fraction of sp³-hybridized carbons (Fsp3) is 0.500. The minimum atomic E-state index is -4.72. The molecule has 308 valence electrons. The molecule has 2 aliphatic heterocycles. The van der Waals surface area contributed by atoms with Crippen LogP contribution in [-0.2, 0) is 22.2 Å². The van der Waals surface area contributed by atoms with Gasteiger partial charge in [-0.1, -0.05) is 22.9 Å². The molecule has 2 N–H and O–H groups in total. The van der Waals surface area contributed by atoms with Crippen molar-refractivity contribution >= 4 is 50.1 Å². The molecule has 17 heteroatoms. The number of hydrogen-bond donors (Lipinski definition) is 2. The molecule has 0 radical (unpaired) electrons. The number of rotatable bonds is 15. The molecule has 4 aromatic rings. The number of carbonyl (C=O) groups is 1. The van der Waals surface area contributed by atoms with Crippen LogP contribution in [0.5, 0.6) is 11.5 Å². The van der Waals surface area contributed by atoms with Gasteiger partial charge in [0.15, 0.2) is 11.6 Å². The van der Waals surface area contributed by atoms with Crippen molar-refractivity contribution in [1.29, 1.82) is 0 Å². The molecule has 2 aromatic carbocycles. The number of unbranched alkanes of at least 4 members (excludes halogenated alkanes) is 1. The van der Waals surface area contributed by atoms with E-state index >= 15 is 0 Å². The molecule has 1 fully saturated rings. The quantitative estimate of drug-likeness (QED) is 0.117. The summed E-state index contributed by atoms with van der Waals surface area (Å²) in [5.74, 6) is 0.996. The van der Waals surface area contributed by atoms with E-state index in [1.165, 1.54) is 10.8 Å². The van der Waals surface area contributed by atoms with Gasteiger partial charge in [-0.25, -0.2) is 9.78 Å². The summed E-state index contributed by atoms with van der Waals surface area (Å²) in [6.07, 6.45) is 0.0821. The summed E-state index contributed by atoms with van der Waals surface area (Å²) in [5, 5.41) is 5.43. The SMILES string of the molecule is CC[C@@H]1COc2c(ccc3c2c(C(F)(F)F)cc(=O)n3CCCCOCCN2CCO[C@H](COc3cc(C)c(Br)cc3NC(=O)Nc3cnc(C)cn3)C2)N1CC. The largest absolute Gasteiger partial charge is 0.489 e. The van der Waals surface area contributed by atoms with Crippen LogP contribution in [0.3, 0.4) is 0 Å². The molecule has 2 aliphatic rings. The van der Waals surface area contributed by atoms with Gasteiger partial charge in [0.2, 0.25) is 0 Å². The Morgan fingerprint density at radius 3 is 2.61 bits per heavy atom. The zero-order valence-corrected chi connectivity index (χ0v) is 34.2. The van der Waals surface area contributed by atoms with Gasteiger partial charge in [0.25, 0.3) is 5.56 Å². The van der Waals surface area contributed by atoms with Gasteiger partial charge in [0.05, 0.1) is 65.2 Å². The number of hydrogen-bond acceptors (Lipinski definition) is 10. The number of halogens is 4. The van der Waals surface area contributed by atoms with Crippen molar-refractivity contribution in [2.24, 2.45) is 0 Å². The second-order valence-electron chi connectivity index (χ2n) is 14.2. The first kappa shape index (κ1) is 42.2. The lowest BCUT2D eigenvalue weighted by atomic mass is 10.0. The molecule has 2 aromatic heterocycles. The van der Waals surface area contributed by atoms with Crippen LogP contribution in [0.2, 0.25) is 0 Å². The van der Waals surface area contributed by atoms with Crippen molar-refractivity contribution in [3.8, 4) is 11.5 Å². The third-order valence-electron chi connectivity index (χ3n) is 10.1. The minimum Gasteiger partial charge on any atom is -0.489 e. The summed E-state index contributed by atoms with van der Waals surface area (Å²) in [6, 6.07) is 7.28. The number of pyridine rings is 1. The number of ether oxygens (including phenoxy) is 4. The maximum atomic E-state index is 14.3. The number of aromatic nitrogens is 3. The Labute approximate surface area is 338 Å². The zero-order chi connectivity index (χ0) is 40.7. The lowest BCUT2D eigenvalue weighted by molar-refractivity contribution is -0.136. The van der Waals surface area contributed by atoms with E-state index in [4.69, 9.17) is 18.9 Å². The molecule has 13 nitrogen and oxygen atoms in total. The van der Waals surface area contributed by atoms with Gasteiger partial charge in [-0.3, -0.25) is 20.0 Å². The summed E-state index contributed by atoms with van der Waals surface area (Å²) in [5.41, 5.74) is 1.31. The molecule has 1 saturated heterocycles. The number of morpholine rings is 1.